The van der Waals surface area contributed by atoms with Crippen LogP contribution >= 0.6 is 24.0 Å². The smallest absolute Gasteiger partial charge is 0.193 e. The van der Waals surface area contributed by atoms with Crippen molar-refractivity contribution >= 4 is 29.9 Å². The third-order valence-corrected chi connectivity index (χ3v) is 4.46. The van der Waals surface area contributed by atoms with Gasteiger partial charge < -0.3 is 24.4 Å². The van der Waals surface area contributed by atoms with Gasteiger partial charge in [-0.25, -0.2) is 0 Å². The molecule has 6 nitrogen and oxygen atoms in total. The van der Waals surface area contributed by atoms with Crippen molar-refractivity contribution in [3.05, 3.63) is 23.8 Å². The fourth-order valence-electron chi connectivity index (χ4n) is 3.23. The molecule has 0 aromatic heterocycles. The summed E-state index contributed by atoms with van der Waals surface area (Å²) in [6.45, 7) is 4.98. The first-order valence-corrected chi connectivity index (χ1v) is 8.63. The van der Waals surface area contributed by atoms with Crippen LogP contribution in [0.1, 0.15) is 18.4 Å². The molecule has 2 aliphatic heterocycles. The van der Waals surface area contributed by atoms with Crippen molar-refractivity contribution in [2.24, 2.45) is 10.9 Å². The molecule has 0 spiro atoms. The lowest BCUT2D eigenvalue weighted by Gasteiger charge is -2.22. The van der Waals surface area contributed by atoms with Gasteiger partial charge in [0.2, 0.25) is 0 Å². The second-order valence-electron chi connectivity index (χ2n) is 6.29. The molecule has 1 atom stereocenters. The van der Waals surface area contributed by atoms with Crippen LogP contribution in [-0.4, -0.2) is 57.9 Å². The molecule has 1 fully saturated rings. The van der Waals surface area contributed by atoms with E-state index in [1.54, 1.807) is 7.11 Å². The molecular formula is C18H28IN3O3. The van der Waals surface area contributed by atoms with Gasteiger partial charge in [0.1, 0.15) is 0 Å². The maximum Gasteiger partial charge on any atom is 0.193 e. The molecule has 0 aliphatic carbocycles. The lowest BCUT2D eigenvalue weighted by Crippen LogP contribution is -2.39. The second kappa shape index (κ2) is 10.1. The highest BCUT2D eigenvalue weighted by atomic mass is 127. The zero-order valence-electron chi connectivity index (χ0n) is 15.0. The predicted octanol–water partition coefficient (Wildman–Crippen LogP) is 2.51. The average Bonchev–Trinajstić information content (AvgIpc) is 2.92. The lowest BCUT2D eigenvalue weighted by molar-refractivity contribution is 0.157. The maximum absolute atomic E-state index is 5.76. The molecule has 1 N–H and O–H groups in total. The Balaban J connectivity index is 0.00000225. The molecule has 1 saturated heterocycles. The van der Waals surface area contributed by atoms with Crippen molar-refractivity contribution < 1.29 is 14.2 Å². The Labute approximate surface area is 166 Å². The van der Waals surface area contributed by atoms with Gasteiger partial charge in [0.25, 0.3) is 0 Å². The van der Waals surface area contributed by atoms with Crippen molar-refractivity contribution in [1.82, 2.24) is 10.2 Å². The van der Waals surface area contributed by atoms with Crippen molar-refractivity contribution in [3.8, 4) is 11.5 Å². The number of ether oxygens (including phenoxy) is 3. The molecule has 0 bridgehead atoms. The first-order chi connectivity index (χ1) is 11.8. The minimum atomic E-state index is 0. The number of methoxy groups -OCH3 is 1. The van der Waals surface area contributed by atoms with Gasteiger partial charge in [-0.3, -0.25) is 4.99 Å². The molecule has 2 heterocycles. The van der Waals surface area contributed by atoms with Crippen molar-refractivity contribution in [1.29, 1.82) is 0 Å². The topological polar surface area (TPSA) is 55.3 Å². The standard InChI is InChI=1S/C18H27N3O3.HI/c1-19-18(21-7-6-15(12-21)13-22-2)20-11-14-4-5-16-17(10-14)24-9-3-8-23-16;/h4-5,10,15H,3,6-9,11-13H2,1-2H3,(H,19,20);1H. The number of aliphatic imine (C=N–C) groups is 1. The Bertz CT molecular complexity index is 583. The zero-order valence-corrected chi connectivity index (χ0v) is 17.3. The Morgan fingerprint density at radius 2 is 2.12 bits per heavy atom. The van der Waals surface area contributed by atoms with Gasteiger partial charge in [-0.2, -0.15) is 0 Å². The number of rotatable bonds is 4. The van der Waals surface area contributed by atoms with Crippen LogP contribution in [0.2, 0.25) is 0 Å². The molecule has 0 radical (unpaired) electrons. The third kappa shape index (κ3) is 5.37. The monoisotopic (exact) mass is 461 g/mol. The fourth-order valence-corrected chi connectivity index (χ4v) is 3.23. The van der Waals surface area contributed by atoms with Gasteiger partial charge in [0, 0.05) is 46.1 Å². The summed E-state index contributed by atoms with van der Waals surface area (Å²) in [6, 6.07) is 6.12. The molecule has 25 heavy (non-hydrogen) atoms. The highest BCUT2D eigenvalue weighted by molar-refractivity contribution is 14.0. The molecule has 0 saturated carbocycles. The van der Waals surface area contributed by atoms with E-state index in [1.165, 1.54) is 0 Å². The van der Waals surface area contributed by atoms with Gasteiger partial charge in [0.05, 0.1) is 19.8 Å². The molecule has 140 valence electrons. The van der Waals surface area contributed by atoms with Crippen LogP contribution in [0.25, 0.3) is 0 Å². The van der Waals surface area contributed by atoms with E-state index in [-0.39, 0.29) is 24.0 Å². The van der Waals surface area contributed by atoms with Gasteiger partial charge in [-0.05, 0) is 24.1 Å². The number of benzene rings is 1. The summed E-state index contributed by atoms with van der Waals surface area (Å²) in [5.74, 6) is 3.21. The van der Waals surface area contributed by atoms with Gasteiger partial charge in [0.15, 0.2) is 17.5 Å². The summed E-state index contributed by atoms with van der Waals surface area (Å²) >= 11 is 0. The summed E-state index contributed by atoms with van der Waals surface area (Å²) in [7, 11) is 3.60. The number of hydrogen-bond acceptors (Lipinski definition) is 4. The second-order valence-corrected chi connectivity index (χ2v) is 6.29. The van der Waals surface area contributed by atoms with Crippen molar-refractivity contribution in [2.45, 2.75) is 19.4 Å². The number of guanidine groups is 1. The fraction of sp³-hybridized carbons (Fsp3) is 0.611. The minimum Gasteiger partial charge on any atom is -0.490 e. The highest BCUT2D eigenvalue weighted by Gasteiger charge is 2.24. The predicted molar refractivity (Wildman–Crippen MR) is 109 cm³/mol. The van der Waals surface area contributed by atoms with Crippen LogP contribution in [0.4, 0.5) is 0 Å². The van der Waals surface area contributed by atoms with Gasteiger partial charge in [-0.15, -0.1) is 24.0 Å². The number of hydrogen-bond donors (Lipinski definition) is 1. The SMILES string of the molecule is CN=C(NCc1ccc2c(c1)OCCCO2)N1CCC(COC)C1.I. The molecule has 1 aromatic rings. The molecule has 1 unspecified atom stereocenters. The van der Waals surface area contributed by atoms with E-state index in [9.17, 15) is 0 Å². The Hall–Kier alpha value is -1.22. The maximum atomic E-state index is 5.76. The number of nitrogens with zero attached hydrogens (tertiary/aromatic N) is 2. The van der Waals surface area contributed by atoms with E-state index >= 15 is 0 Å². The molecule has 3 rings (SSSR count). The lowest BCUT2D eigenvalue weighted by atomic mass is 10.1. The summed E-state index contributed by atoms with van der Waals surface area (Å²) < 4.78 is 16.7. The summed E-state index contributed by atoms with van der Waals surface area (Å²) in [6.07, 6.45) is 2.07. The van der Waals surface area contributed by atoms with Crippen molar-refractivity contribution in [3.63, 3.8) is 0 Å². The highest BCUT2D eigenvalue weighted by Crippen LogP contribution is 2.30. The minimum absolute atomic E-state index is 0. The number of likely N-dealkylation sites (tertiary alicyclic amines) is 1. The first kappa shape index (κ1) is 20.1. The van der Waals surface area contributed by atoms with Gasteiger partial charge in [-0.1, -0.05) is 6.07 Å². The normalized spacial score (nSPS) is 20.0. The molecular weight excluding hydrogens is 433 g/mol. The molecule has 7 heteroatoms. The van der Waals surface area contributed by atoms with Crippen LogP contribution in [0.5, 0.6) is 11.5 Å². The molecule has 0 amide bonds. The van der Waals surface area contributed by atoms with Crippen LogP contribution < -0.4 is 14.8 Å². The Kier molecular flexibility index (Phi) is 8.08. The largest absolute Gasteiger partial charge is 0.490 e. The summed E-state index contributed by atoms with van der Waals surface area (Å²) in [5.41, 5.74) is 1.16. The molecule has 2 aliphatic rings. The van der Waals surface area contributed by atoms with E-state index in [4.69, 9.17) is 14.2 Å². The number of fused-ring (bicyclic) bond motifs is 1. The van der Waals surface area contributed by atoms with E-state index in [2.05, 4.69) is 27.3 Å². The number of halogens is 1. The molecule has 1 aromatic carbocycles. The average molecular weight is 461 g/mol. The Morgan fingerprint density at radius 1 is 1.32 bits per heavy atom. The first-order valence-electron chi connectivity index (χ1n) is 8.63. The zero-order chi connectivity index (χ0) is 16.8. The number of nitrogens with one attached hydrogen (secondary N) is 1. The van der Waals surface area contributed by atoms with Crippen LogP contribution in [0, 0.1) is 5.92 Å². The van der Waals surface area contributed by atoms with Crippen LogP contribution in [0.3, 0.4) is 0 Å². The van der Waals surface area contributed by atoms with Gasteiger partial charge >= 0.3 is 0 Å². The van der Waals surface area contributed by atoms with Crippen molar-refractivity contribution in [2.75, 3.05) is 47.1 Å². The van der Waals surface area contributed by atoms with E-state index in [0.717, 1.165) is 68.7 Å². The van der Waals surface area contributed by atoms with Crippen LogP contribution in [0.15, 0.2) is 23.2 Å². The van der Waals surface area contributed by atoms with E-state index in [1.807, 2.05) is 13.1 Å². The summed E-state index contributed by atoms with van der Waals surface area (Å²) in [5, 5.41) is 3.45. The third-order valence-electron chi connectivity index (χ3n) is 4.46. The van der Waals surface area contributed by atoms with E-state index in [0.29, 0.717) is 12.5 Å². The van der Waals surface area contributed by atoms with Crippen LogP contribution in [-0.2, 0) is 11.3 Å². The Morgan fingerprint density at radius 3 is 2.88 bits per heavy atom. The quantitative estimate of drug-likeness (QED) is 0.425. The summed E-state index contributed by atoms with van der Waals surface area (Å²) in [4.78, 5) is 6.72. The van der Waals surface area contributed by atoms with E-state index < -0.39 is 0 Å².